The number of esters is 5. The Labute approximate surface area is 458 Å². The first-order valence-corrected chi connectivity index (χ1v) is 29.0. The van der Waals surface area contributed by atoms with Crippen LogP contribution < -0.4 is 0 Å². The molecule has 0 fully saturated rings. The summed E-state index contributed by atoms with van der Waals surface area (Å²) < 4.78 is 27.7. The maximum Gasteiger partial charge on any atom is 0.308 e. The molecule has 21 heteroatoms. The Balaban J connectivity index is 5.56. The Bertz CT molecular complexity index is 1520. The van der Waals surface area contributed by atoms with Crippen LogP contribution >= 0.6 is 0 Å². The lowest BCUT2D eigenvalue weighted by molar-refractivity contribution is -0.159. The van der Waals surface area contributed by atoms with E-state index in [2.05, 4.69) is 0 Å². The normalized spacial score (nSPS) is 17.2. The Morgan fingerprint density at radius 3 is 0.870 bits per heavy atom. The van der Waals surface area contributed by atoms with E-state index in [0.717, 1.165) is 70.6 Å². The third-order valence-electron chi connectivity index (χ3n) is 13.3. The molecule has 0 bridgehead atoms. The first-order chi connectivity index (χ1) is 36.6. The van der Waals surface area contributed by atoms with Crippen LogP contribution in [0.15, 0.2) is 0 Å². The molecule has 14 atom stereocenters. The predicted octanol–water partition coefficient (Wildman–Crippen LogP) is 4.58. The summed E-state index contributed by atoms with van der Waals surface area (Å²) in [5.41, 5.74) is 0. The van der Waals surface area contributed by atoms with Gasteiger partial charge in [0.25, 0.3) is 0 Å². The van der Waals surface area contributed by atoms with Crippen LogP contribution in [0.1, 0.15) is 227 Å². The highest BCUT2D eigenvalue weighted by Crippen LogP contribution is 2.23. The van der Waals surface area contributed by atoms with Crippen molar-refractivity contribution in [1.29, 1.82) is 0 Å². The van der Waals surface area contributed by atoms with Gasteiger partial charge in [0.15, 0.2) is 0 Å². The van der Waals surface area contributed by atoms with Crippen LogP contribution in [0.3, 0.4) is 0 Å². The zero-order valence-electron chi connectivity index (χ0n) is 47.2. The van der Waals surface area contributed by atoms with Crippen molar-refractivity contribution in [2.75, 3.05) is 13.2 Å². The van der Waals surface area contributed by atoms with Gasteiger partial charge in [-0.05, 0) is 64.2 Å². The second kappa shape index (κ2) is 45.6. The van der Waals surface area contributed by atoms with E-state index in [1.165, 1.54) is 0 Å². The van der Waals surface area contributed by atoms with Crippen molar-refractivity contribution < 1.29 is 104 Å². The Kier molecular flexibility index (Phi) is 43.8. The average molecular weight is 1110 g/mol. The number of carbonyl (C=O) groups is 5. The fourth-order valence-electron chi connectivity index (χ4n) is 8.88. The molecule has 0 spiro atoms. The Hall–Kier alpha value is -3.09. The molecule has 14 unspecified atom stereocenters. The lowest BCUT2D eigenvalue weighted by Gasteiger charge is -2.25. The topological polar surface area (TPSA) is 354 Å². The number of rotatable bonds is 50. The van der Waals surface area contributed by atoms with Crippen LogP contribution in [0.5, 0.6) is 0 Å². The maximum atomic E-state index is 13.3. The zero-order chi connectivity index (χ0) is 58.1. The van der Waals surface area contributed by atoms with Gasteiger partial charge in [0.05, 0.1) is 75.3 Å². The Morgan fingerprint density at radius 2 is 0.584 bits per heavy atom. The third-order valence-corrected chi connectivity index (χ3v) is 13.3. The minimum Gasteiger partial charge on any atom is -0.463 e. The van der Waals surface area contributed by atoms with Crippen LogP contribution in [-0.4, -0.2) is 185 Å². The van der Waals surface area contributed by atoms with Gasteiger partial charge < -0.3 is 79.9 Å². The number of aliphatic hydroxyl groups is 11. The molecule has 0 aliphatic carbocycles. The lowest BCUT2D eigenvalue weighted by atomic mass is 10.0. The lowest BCUT2D eigenvalue weighted by Crippen LogP contribution is -2.47. The fraction of sp³-hybridized carbons (Fsp3) is 0.911. The fourth-order valence-corrected chi connectivity index (χ4v) is 8.88. The highest BCUT2D eigenvalue weighted by molar-refractivity contribution is 5.72. The van der Waals surface area contributed by atoms with Gasteiger partial charge in [-0.15, -0.1) is 0 Å². The molecule has 0 heterocycles. The molecule has 0 aliphatic heterocycles. The molecular weight excluding hydrogens is 1010 g/mol. The molecule has 0 rings (SSSR count). The molecular formula is C56H104O21. The van der Waals surface area contributed by atoms with Gasteiger partial charge in [0.2, 0.25) is 0 Å². The van der Waals surface area contributed by atoms with Crippen molar-refractivity contribution >= 4 is 29.8 Å². The molecule has 21 nitrogen and oxygen atoms in total. The van der Waals surface area contributed by atoms with E-state index in [9.17, 15) is 75.0 Å². The van der Waals surface area contributed by atoms with Crippen LogP contribution in [-0.2, 0) is 47.7 Å². The summed E-state index contributed by atoms with van der Waals surface area (Å²) in [5, 5.41) is 113. The van der Waals surface area contributed by atoms with Gasteiger partial charge in [-0.2, -0.15) is 0 Å². The quantitative estimate of drug-likeness (QED) is 0.0225. The molecule has 0 aromatic carbocycles. The average Bonchev–Trinajstić information content (AvgIpc) is 3.34. The second-order valence-electron chi connectivity index (χ2n) is 21.0. The van der Waals surface area contributed by atoms with E-state index in [1.807, 2.05) is 34.6 Å². The van der Waals surface area contributed by atoms with Crippen molar-refractivity contribution in [3.8, 4) is 0 Å². The standard InChI is InChI=1S/C56H104O21/c1-6-11-16-21-38(58)26-39(59)32-51(67)74-45(23-18-13-8-3)28-41(61)34-53(69)76-47(25-20-15-10-5)30-43(63)35-54(70)77-46(24-19-14-9-4)29-42(62)33-52(68)75-44(22-17-12-7-2)27-40(60)31-50(66)73-37-49(65)56(72)55(71)48(64)36-57/h38-49,55-65,71-72H,6-37H2,1-5H3. The summed E-state index contributed by atoms with van der Waals surface area (Å²) in [6.45, 7) is 8.35. The zero-order valence-corrected chi connectivity index (χ0v) is 47.2. The maximum absolute atomic E-state index is 13.3. The van der Waals surface area contributed by atoms with Gasteiger partial charge >= 0.3 is 29.8 Å². The summed E-state index contributed by atoms with van der Waals surface area (Å²) in [6, 6.07) is 0. The highest BCUT2D eigenvalue weighted by atomic mass is 16.6. The van der Waals surface area contributed by atoms with Gasteiger partial charge in [0, 0.05) is 25.7 Å². The number of carbonyl (C=O) groups excluding carboxylic acids is 5. The number of ether oxygens (including phenoxy) is 5. The van der Waals surface area contributed by atoms with E-state index >= 15 is 0 Å². The van der Waals surface area contributed by atoms with Crippen molar-refractivity contribution in [2.24, 2.45) is 0 Å². The molecule has 0 saturated heterocycles. The Morgan fingerprint density at radius 1 is 0.325 bits per heavy atom. The van der Waals surface area contributed by atoms with Gasteiger partial charge in [-0.25, -0.2) is 0 Å². The predicted molar refractivity (Wildman–Crippen MR) is 285 cm³/mol. The number of hydrogen-bond donors (Lipinski definition) is 11. The van der Waals surface area contributed by atoms with E-state index in [0.29, 0.717) is 57.8 Å². The van der Waals surface area contributed by atoms with Crippen molar-refractivity contribution in [3.05, 3.63) is 0 Å². The molecule has 454 valence electrons. The van der Waals surface area contributed by atoms with Gasteiger partial charge in [-0.3, -0.25) is 24.0 Å². The van der Waals surface area contributed by atoms with Crippen LogP contribution in [0.4, 0.5) is 0 Å². The number of unbranched alkanes of at least 4 members (excludes halogenated alkanes) is 10. The number of hydrogen-bond acceptors (Lipinski definition) is 21. The SMILES string of the molecule is CCCCCC(O)CC(O)CC(=O)OC(CCCCC)CC(O)CC(=O)OC(CCCCC)CC(O)CC(=O)OC(CCCCC)CC(O)CC(=O)OC(CCCCC)CC(O)CC(=O)OCC(O)C(O)C(O)C(O)CO. The molecule has 11 N–H and O–H groups in total. The van der Waals surface area contributed by atoms with E-state index < -0.39 is 154 Å². The van der Waals surface area contributed by atoms with Crippen LogP contribution in [0.25, 0.3) is 0 Å². The number of aliphatic hydroxyl groups excluding tert-OH is 11. The summed E-state index contributed by atoms with van der Waals surface area (Å²) in [4.78, 5) is 64.9. The van der Waals surface area contributed by atoms with Crippen molar-refractivity contribution in [2.45, 2.75) is 313 Å². The first-order valence-electron chi connectivity index (χ1n) is 29.0. The molecule has 0 aromatic rings. The molecule has 77 heavy (non-hydrogen) atoms. The van der Waals surface area contributed by atoms with E-state index in [-0.39, 0.29) is 38.5 Å². The molecule has 0 aromatic heterocycles. The summed E-state index contributed by atoms with van der Waals surface area (Å²) >= 11 is 0. The molecule has 0 saturated carbocycles. The third kappa shape index (κ3) is 39.0. The minimum atomic E-state index is -1.95. The van der Waals surface area contributed by atoms with E-state index in [4.69, 9.17) is 28.8 Å². The van der Waals surface area contributed by atoms with Crippen LogP contribution in [0.2, 0.25) is 0 Å². The first kappa shape index (κ1) is 73.9. The highest BCUT2D eigenvalue weighted by Gasteiger charge is 2.32. The molecule has 0 radical (unpaired) electrons. The molecule has 0 amide bonds. The van der Waals surface area contributed by atoms with Gasteiger partial charge in [-0.1, -0.05) is 105 Å². The van der Waals surface area contributed by atoms with Crippen molar-refractivity contribution in [1.82, 2.24) is 0 Å². The monoisotopic (exact) mass is 1110 g/mol. The smallest absolute Gasteiger partial charge is 0.308 e. The molecule has 0 aliphatic rings. The largest absolute Gasteiger partial charge is 0.463 e. The van der Waals surface area contributed by atoms with Crippen LogP contribution in [0, 0.1) is 0 Å². The summed E-state index contributed by atoms with van der Waals surface area (Å²) in [6.07, 6.45) is -6.22. The minimum absolute atomic E-state index is 0.0412. The van der Waals surface area contributed by atoms with E-state index in [1.54, 1.807) is 0 Å². The van der Waals surface area contributed by atoms with Crippen molar-refractivity contribution in [3.63, 3.8) is 0 Å². The summed E-state index contributed by atoms with van der Waals surface area (Å²) in [5.74, 6) is -3.95. The van der Waals surface area contributed by atoms with Gasteiger partial charge in [0.1, 0.15) is 55.4 Å². The summed E-state index contributed by atoms with van der Waals surface area (Å²) in [7, 11) is 0. The second-order valence-corrected chi connectivity index (χ2v) is 21.0.